The third kappa shape index (κ3) is 4.18. The van der Waals surface area contributed by atoms with Gasteiger partial charge in [0.2, 0.25) is 0 Å². The van der Waals surface area contributed by atoms with Gasteiger partial charge in [0.15, 0.2) is 0 Å². The van der Waals surface area contributed by atoms with E-state index in [1.54, 1.807) is 0 Å². The predicted octanol–water partition coefficient (Wildman–Crippen LogP) is 12.7. The second-order valence-corrected chi connectivity index (χ2v) is 17.8. The van der Waals surface area contributed by atoms with Crippen molar-refractivity contribution in [2.45, 2.75) is 73.1 Å². The summed E-state index contributed by atoms with van der Waals surface area (Å²) in [7, 11) is 0. The van der Waals surface area contributed by atoms with Crippen LogP contribution in [-0.4, -0.2) is 4.57 Å². The highest BCUT2D eigenvalue weighted by Gasteiger charge is 2.31. The summed E-state index contributed by atoms with van der Waals surface area (Å²) in [6.45, 7) is 19.6. The molecule has 264 valence electrons. The molecule has 0 aliphatic rings. The minimum Gasteiger partial charge on any atom is -0.268 e. The van der Waals surface area contributed by atoms with E-state index in [1.807, 2.05) is 13.8 Å². The molecule has 10 rings (SSSR count). The molecule has 3 heteroatoms. The van der Waals surface area contributed by atoms with Crippen LogP contribution in [0.3, 0.4) is 0 Å². The lowest BCUT2D eigenvalue weighted by Crippen LogP contribution is -2.25. The van der Waals surface area contributed by atoms with E-state index in [0.717, 1.165) is 60.5 Å². The van der Waals surface area contributed by atoms with Crippen LogP contribution in [0.4, 0.5) is 0 Å². The van der Waals surface area contributed by atoms with Gasteiger partial charge in [-0.15, -0.1) is 0 Å². The van der Waals surface area contributed by atoms with E-state index in [-0.39, 0.29) is 21.9 Å². The Morgan fingerprint density at radius 2 is 0.833 bits per heavy atom. The van der Waals surface area contributed by atoms with Gasteiger partial charge in [-0.05, 0) is 142 Å². The Balaban J connectivity index is 1.51. The molecular weight excluding hydrogens is 659 g/mol. The number of fused-ring (bicyclic) bond motifs is 3. The number of benzene rings is 8. The fourth-order valence-corrected chi connectivity index (χ4v) is 10.1. The van der Waals surface area contributed by atoms with E-state index in [2.05, 4.69) is 146 Å². The molecule has 0 saturated carbocycles. The topological polar surface area (TPSA) is 39.1 Å². The van der Waals surface area contributed by atoms with E-state index in [0.29, 0.717) is 16.5 Å². The van der Waals surface area contributed by atoms with Gasteiger partial charge >= 0.3 is 0 Å². The molecule has 9 aromatic carbocycles. The third-order valence-electron chi connectivity index (χ3n) is 12.2. The van der Waals surface area contributed by atoms with Gasteiger partial charge in [-0.2, -0.15) is 0 Å². The molecule has 0 spiro atoms. The molecule has 0 amide bonds. The van der Waals surface area contributed by atoms with Crippen molar-refractivity contribution < 1.29 is 0 Å². The van der Waals surface area contributed by atoms with Crippen LogP contribution in [-0.2, 0) is 10.8 Å². The molecular formula is C51H43NO2. The first kappa shape index (κ1) is 32.8. The van der Waals surface area contributed by atoms with E-state index in [1.165, 1.54) is 48.0 Å². The van der Waals surface area contributed by atoms with Crippen molar-refractivity contribution in [1.29, 1.82) is 0 Å². The summed E-state index contributed by atoms with van der Waals surface area (Å²) in [4.78, 5) is 30.5. The number of hydrogen-bond acceptors (Lipinski definition) is 2. The normalized spacial score (nSPS) is 13.1. The zero-order chi connectivity index (χ0) is 37.7. The maximum absolute atomic E-state index is 15.3. The summed E-state index contributed by atoms with van der Waals surface area (Å²) in [6.07, 6.45) is 0. The zero-order valence-electron chi connectivity index (χ0n) is 32.5. The Kier molecular flexibility index (Phi) is 6.48. The summed E-state index contributed by atoms with van der Waals surface area (Å²) in [6, 6.07) is 35.0. The lowest BCUT2D eigenvalue weighted by molar-refractivity contribution is 0.592. The Morgan fingerprint density at radius 1 is 0.426 bits per heavy atom. The van der Waals surface area contributed by atoms with Crippen LogP contribution in [0.25, 0.3) is 92.6 Å². The fourth-order valence-electron chi connectivity index (χ4n) is 10.1. The number of aryl methyl sites for hydroxylation is 3. The first-order valence-corrected chi connectivity index (χ1v) is 19.1. The van der Waals surface area contributed by atoms with E-state index in [9.17, 15) is 0 Å². The molecule has 0 unspecified atom stereocenters. The Labute approximate surface area is 314 Å². The molecule has 0 radical (unpaired) electrons. The van der Waals surface area contributed by atoms with Gasteiger partial charge in [-0.1, -0.05) is 132 Å². The smallest absolute Gasteiger partial charge is 0.266 e. The molecule has 0 N–H and O–H groups in total. The van der Waals surface area contributed by atoms with Crippen LogP contribution in [0.1, 0.15) is 69.4 Å². The third-order valence-corrected chi connectivity index (χ3v) is 12.2. The van der Waals surface area contributed by atoms with Crippen LogP contribution in [0, 0.1) is 20.8 Å². The lowest BCUT2D eigenvalue weighted by Gasteiger charge is -2.24. The number of hydrogen-bond donors (Lipinski definition) is 0. The van der Waals surface area contributed by atoms with Crippen molar-refractivity contribution in [3.05, 3.63) is 146 Å². The van der Waals surface area contributed by atoms with Crippen LogP contribution < -0.4 is 11.1 Å². The van der Waals surface area contributed by atoms with Gasteiger partial charge in [-0.3, -0.25) is 9.59 Å². The second-order valence-electron chi connectivity index (χ2n) is 17.8. The van der Waals surface area contributed by atoms with Crippen LogP contribution in [0.2, 0.25) is 0 Å². The van der Waals surface area contributed by atoms with Crippen molar-refractivity contribution in [3.8, 4) is 27.9 Å². The Bertz CT molecular complexity index is 3080. The van der Waals surface area contributed by atoms with Gasteiger partial charge in [0.1, 0.15) is 0 Å². The minimum atomic E-state index is -0.249. The largest absolute Gasteiger partial charge is 0.268 e. The Morgan fingerprint density at radius 3 is 1.26 bits per heavy atom. The first-order chi connectivity index (χ1) is 25.7. The molecule has 0 saturated heterocycles. The van der Waals surface area contributed by atoms with Gasteiger partial charge in [0.25, 0.3) is 11.1 Å². The second kappa shape index (κ2) is 10.7. The molecule has 0 bridgehead atoms. The van der Waals surface area contributed by atoms with Crippen molar-refractivity contribution >= 4 is 64.6 Å². The molecule has 3 nitrogen and oxygen atoms in total. The van der Waals surface area contributed by atoms with Crippen molar-refractivity contribution in [2.75, 3.05) is 0 Å². The summed E-state index contributed by atoms with van der Waals surface area (Å²) in [5, 5.41) is 12.0. The average Bonchev–Trinajstić information content (AvgIpc) is 3.61. The maximum atomic E-state index is 15.3. The molecule has 0 aliphatic carbocycles. The monoisotopic (exact) mass is 701 g/mol. The van der Waals surface area contributed by atoms with Crippen LogP contribution in [0.5, 0.6) is 0 Å². The van der Waals surface area contributed by atoms with Crippen LogP contribution >= 0.6 is 0 Å². The molecule has 1 heterocycles. The SMILES string of the molecule is Cc1cc(C)c(-n2c(=O)c3c4cc(-c5ccccc5C(C)(C)C)c5ccc6ccc7c(-c8ccccc8C(C)(C)C)cc(c3c2=O)c2c7c6c5c42)c(C)c1. The average molecular weight is 702 g/mol. The number of rotatable bonds is 3. The summed E-state index contributed by atoms with van der Waals surface area (Å²) in [5.74, 6) is 0. The highest BCUT2D eigenvalue weighted by molar-refractivity contribution is 6.50. The van der Waals surface area contributed by atoms with Crippen LogP contribution in [0.15, 0.2) is 107 Å². The van der Waals surface area contributed by atoms with E-state index in [4.69, 9.17) is 0 Å². The molecule has 0 fully saturated rings. The quantitative estimate of drug-likeness (QED) is 0.172. The van der Waals surface area contributed by atoms with E-state index < -0.39 is 0 Å². The predicted molar refractivity (Wildman–Crippen MR) is 231 cm³/mol. The molecule has 10 aromatic rings. The minimum absolute atomic E-state index is 0.116. The van der Waals surface area contributed by atoms with Gasteiger partial charge in [0.05, 0.1) is 16.5 Å². The van der Waals surface area contributed by atoms with Crippen molar-refractivity contribution in [2.24, 2.45) is 0 Å². The lowest BCUT2D eigenvalue weighted by atomic mass is 9.80. The highest BCUT2D eigenvalue weighted by Crippen LogP contribution is 2.54. The number of aromatic nitrogens is 1. The van der Waals surface area contributed by atoms with Gasteiger partial charge < -0.3 is 0 Å². The first-order valence-electron chi connectivity index (χ1n) is 19.1. The standard InChI is InChI=1S/C51H43NO2/c1-26-22-27(2)47(28(3)23-26)52-48(53)45-36-24-34(30-14-10-12-16-38(30)50(4,5)6)32-20-18-29-19-21-33-35(31-15-11-13-17-39(31)51(7,8)9)25-37(46(45)49(52)54)44-42(33)40(29)41(32)43(36)44/h10-25H,1-9H3. The zero-order valence-corrected chi connectivity index (χ0v) is 32.5. The molecule has 54 heavy (non-hydrogen) atoms. The van der Waals surface area contributed by atoms with Gasteiger partial charge in [0, 0.05) is 0 Å². The summed E-state index contributed by atoms with van der Waals surface area (Å²) in [5.41, 5.74) is 9.89. The molecule has 1 aromatic heterocycles. The number of nitrogens with zero attached hydrogens (tertiary/aromatic N) is 1. The molecule has 0 aliphatic heterocycles. The molecule has 0 atom stereocenters. The summed E-state index contributed by atoms with van der Waals surface area (Å²) < 4.78 is 1.47. The Hall–Kier alpha value is -5.80. The van der Waals surface area contributed by atoms with Crippen molar-refractivity contribution in [1.82, 2.24) is 4.57 Å². The maximum Gasteiger partial charge on any atom is 0.266 e. The van der Waals surface area contributed by atoms with Crippen molar-refractivity contribution in [3.63, 3.8) is 0 Å². The summed E-state index contributed by atoms with van der Waals surface area (Å²) >= 11 is 0. The van der Waals surface area contributed by atoms with Gasteiger partial charge in [-0.25, -0.2) is 4.57 Å². The highest BCUT2D eigenvalue weighted by atomic mass is 16.2. The fraction of sp³-hybridized carbons (Fsp3) is 0.216. The van der Waals surface area contributed by atoms with E-state index >= 15 is 9.59 Å².